The van der Waals surface area contributed by atoms with Gasteiger partial charge in [0.2, 0.25) is 11.0 Å². The molecule has 0 saturated carbocycles. The molecule has 0 spiro atoms. The van der Waals surface area contributed by atoms with E-state index >= 15 is 0 Å². The van der Waals surface area contributed by atoms with Gasteiger partial charge in [-0.1, -0.05) is 70.9 Å². The molecule has 0 aliphatic carbocycles. The highest BCUT2D eigenvalue weighted by molar-refractivity contribution is 8.01. The Morgan fingerprint density at radius 3 is 2.39 bits per heavy atom. The van der Waals surface area contributed by atoms with Gasteiger partial charge in [0.25, 0.3) is 10.0 Å². The molecule has 1 heterocycles. The van der Waals surface area contributed by atoms with Crippen LogP contribution in [0, 0.1) is 6.92 Å². The number of thioether (sulfide) groups is 1. The molecule has 0 radical (unpaired) electrons. The number of rotatable bonds is 8. The van der Waals surface area contributed by atoms with E-state index in [2.05, 4.69) is 15.5 Å². The summed E-state index contributed by atoms with van der Waals surface area (Å²) in [6, 6.07) is 10.7. The fraction of sp³-hybridized carbons (Fsp3) is 0.211. The smallest absolute Gasteiger partial charge is 0.264 e. The Morgan fingerprint density at radius 1 is 1.13 bits per heavy atom. The second-order valence-electron chi connectivity index (χ2n) is 6.31. The number of sulfonamides is 1. The first kappa shape index (κ1) is 23.8. The monoisotopic (exact) mass is 516 g/mol. The molecule has 164 valence electrons. The molecule has 3 rings (SSSR count). The molecule has 12 heteroatoms. The van der Waals surface area contributed by atoms with E-state index in [0.717, 1.165) is 15.6 Å². The van der Waals surface area contributed by atoms with Gasteiger partial charge in [-0.3, -0.25) is 14.4 Å². The molecule has 0 bridgehead atoms. The van der Waals surface area contributed by atoms with Crippen molar-refractivity contribution in [3.63, 3.8) is 0 Å². The van der Waals surface area contributed by atoms with Crippen LogP contribution in [0.1, 0.15) is 12.5 Å². The fourth-order valence-electron chi connectivity index (χ4n) is 2.57. The Bertz CT molecular complexity index is 1160. The molecule has 0 fully saturated rings. The zero-order valence-electron chi connectivity index (χ0n) is 16.5. The summed E-state index contributed by atoms with van der Waals surface area (Å²) in [7, 11) is -4.08. The van der Waals surface area contributed by atoms with Crippen molar-refractivity contribution in [2.24, 2.45) is 0 Å². The van der Waals surface area contributed by atoms with Crippen LogP contribution in [-0.2, 0) is 14.8 Å². The number of nitrogens with zero attached hydrogens (tertiary/aromatic N) is 3. The summed E-state index contributed by atoms with van der Waals surface area (Å²) in [5.74, 6) is 0.247. The van der Waals surface area contributed by atoms with Crippen LogP contribution in [0.4, 0.5) is 10.8 Å². The third-order valence-corrected chi connectivity index (χ3v) is 8.03. The standard InChI is InChI=1S/C19H18Cl2N4O3S3/c1-3-29-19-24-23-18(30-19)22-17(26)11-25(15-9-13(20)8-14(21)10-15)31(27,28)16-6-4-12(2)5-7-16/h4-10H,3,11H2,1-2H3,(H,22,23,26). The number of hydrogen-bond acceptors (Lipinski definition) is 7. The lowest BCUT2D eigenvalue weighted by molar-refractivity contribution is -0.114. The number of carbonyl (C=O) groups is 1. The molecule has 3 aromatic rings. The lowest BCUT2D eigenvalue weighted by Crippen LogP contribution is -2.38. The molecular formula is C19H18Cl2N4O3S3. The fourth-order valence-corrected chi connectivity index (χ4v) is 6.15. The highest BCUT2D eigenvalue weighted by Gasteiger charge is 2.28. The van der Waals surface area contributed by atoms with Gasteiger partial charge >= 0.3 is 0 Å². The summed E-state index contributed by atoms with van der Waals surface area (Å²) in [6.45, 7) is 3.34. The predicted octanol–water partition coefficient (Wildman–Crippen LogP) is 5.10. The van der Waals surface area contributed by atoms with E-state index in [1.807, 2.05) is 13.8 Å². The number of amides is 1. The topological polar surface area (TPSA) is 92.3 Å². The first-order chi connectivity index (χ1) is 14.7. The van der Waals surface area contributed by atoms with Gasteiger partial charge in [0.1, 0.15) is 6.54 Å². The third kappa shape index (κ3) is 6.11. The van der Waals surface area contributed by atoms with Gasteiger partial charge < -0.3 is 0 Å². The summed E-state index contributed by atoms with van der Waals surface area (Å²) >= 11 is 14.9. The van der Waals surface area contributed by atoms with Crippen LogP contribution in [0.15, 0.2) is 51.7 Å². The molecule has 1 aromatic heterocycles. The number of carbonyl (C=O) groups excluding carboxylic acids is 1. The maximum atomic E-state index is 13.4. The van der Waals surface area contributed by atoms with Crippen LogP contribution in [0.3, 0.4) is 0 Å². The summed E-state index contributed by atoms with van der Waals surface area (Å²) < 4.78 is 28.4. The van der Waals surface area contributed by atoms with E-state index in [1.165, 1.54) is 53.4 Å². The number of nitrogens with one attached hydrogen (secondary N) is 1. The molecule has 1 N–H and O–H groups in total. The van der Waals surface area contributed by atoms with Crippen LogP contribution >= 0.6 is 46.3 Å². The maximum Gasteiger partial charge on any atom is 0.264 e. The molecule has 7 nitrogen and oxygen atoms in total. The van der Waals surface area contributed by atoms with E-state index in [0.29, 0.717) is 4.34 Å². The Hall–Kier alpha value is -1.85. The Morgan fingerprint density at radius 2 is 1.77 bits per heavy atom. The van der Waals surface area contributed by atoms with Gasteiger partial charge in [-0.05, 0) is 43.0 Å². The van der Waals surface area contributed by atoms with Gasteiger partial charge in [0.05, 0.1) is 10.6 Å². The number of anilines is 2. The third-order valence-electron chi connectivity index (χ3n) is 3.95. The lowest BCUT2D eigenvalue weighted by atomic mass is 10.2. The SMILES string of the molecule is CCSc1nnc(NC(=O)CN(c2cc(Cl)cc(Cl)c2)S(=O)(=O)c2ccc(C)cc2)s1. The van der Waals surface area contributed by atoms with Crippen molar-refractivity contribution >= 4 is 73.0 Å². The van der Waals surface area contributed by atoms with Crippen molar-refractivity contribution in [3.8, 4) is 0 Å². The molecule has 1 amide bonds. The average molecular weight is 517 g/mol. The van der Waals surface area contributed by atoms with Crippen molar-refractivity contribution in [1.82, 2.24) is 10.2 Å². The van der Waals surface area contributed by atoms with Gasteiger partial charge in [-0.15, -0.1) is 10.2 Å². The Labute approximate surface area is 198 Å². The van der Waals surface area contributed by atoms with Crippen molar-refractivity contribution in [3.05, 3.63) is 58.1 Å². The van der Waals surface area contributed by atoms with E-state index in [1.54, 1.807) is 12.1 Å². The second-order valence-corrected chi connectivity index (χ2v) is 11.5. The van der Waals surface area contributed by atoms with Crippen molar-refractivity contribution in [2.75, 3.05) is 21.9 Å². The van der Waals surface area contributed by atoms with Crippen molar-refractivity contribution < 1.29 is 13.2 Å². The highest BCUT2D eigenvalue weighted by Crippen LogP contribution is 2.30. The minimum absolute atomic E-state index is 0.0412. The molecule has 0 atom stereocenters. The maximum absolute atomic E-state index is 13.4. The minimum Gasteiger partial charge on any atom is -0.299 e. The lowest BCUT2D eigenvalue weighted by Gasteiger charge is -2.24. The number of aromatic nitrogens is 2. The molecular weight excluding hydrogens is 499 g/mol. The molecule has 0 aliphatic heterocycles. The van der Waals surface area contributed by atoms with Gasteiger partial charge in [0.15, 0.2) is 4.34 Å². The zero-order valence-corrected chi connectivity index (χ0v) is 20.5. The summed E-state index contributed by atoms with van der Waals surface area (Å²) in [4.78, 5) is 12.8. The summed E-state index contributed by atoms with van der Waals surface area (Å²) in [6.07, 6.45) is 0. The van der Waals surface area contributed by atoms with Gasteiger partial charge in [-0.25, -0.2) is 8.42 Å². The number of hydrogen-bond donors (Lipinski definition) is 1. The van der Waals surface area contributed by atoms with Crippen LogP contribution < -0.4 is 9.62 Å². The van der Waals surface area contributed by atoms with Crippen molar-refractivity contribution in [1.29, 1.82) is 0 Å². The van der Waals surface area contributed by atoms with Gasteiger partial charge in [-0.2, -0.15) is 0 Å². The number of benzene rings is 2. The van der Waals surface area contributed by atoms with Crippen LogP contribution in [0.5, 0.6) is 0 Å². The quantitative estimate of drug-likeness (QED) is 0.330. The first-order valence-electron chi connectivity index (χ1n) is 9.00. The molecule has 2 aromatic carbocycles. The predicted molar refractivity (Wildman–Crippen MR) is 127 cm³/mol. The van der Waals surface area contributed by atoms with E-state index < -0.39 is 22.5 Å². The minimum atomic E-state index is -4.08. The van der Waals surface area contributed by atoms with Crippen LogP contribution in [-0.4, -0.2) is 36.8 Å². The van der Waals surface area contributed by atoms with E-state index in [4.69, 9.17) is 23.2 Å². The van der Waals surface area contributed by atoms with E-state index in [-0.39, 0.29) is 25.8 Å². The van der Waals surface area contributed by atoms with E-state index in [9.17, 15) is 13.2 Å². The zero-order chi connectivity index (χ0) is 22.6. The largest absolute Gasteiger partial charge is 0.299 e. The molecule has 0 saturated heterocycles. The van der Waals surface area contributed by atoms with Crippen LogP contribution in [0.25, 0.3) is 0 Å². The second kappa shape index (κ2) is 10.2. The summed E-state index contributed by atoms with van der Waals surface area (Å²) in [5, 5.41) is 11.3. The Balaban J connectivity index is 1.93. The Kier molecular flexibility index (Phi) is 7.82. The molecule has 0 unspecified atom stereocenters. The number of aryl methyl sites for hydroxylation is 1. The molecule has 31 heavy (non-hydrogen) atoms. The first-order valence-corrected chi connectivity index (χ1v) is 13.0. The normalized spacial score (nSPS) is 11.4. The average Bonchev–Trinajstić information content (AvgIpc) is 3.12. The highest BCUT2D eigenvalue weighted by atomic mass is 35.5. The van der Waals surface area contributed by atoms with Gasteiger partial charge in [0, 0.05) is 10.0 Å². The van der Waals surface area contributed by atoms with Crippen molar-refractivity contribution in [2.45, 2.75) is 23.1 Å². The van der Waals surface area contributed by atoms with Crippen LogP contribution in [0.2, 0.25) is 10.0 Å². The summed E-state index contributed by atoms with van der Waals surface area (Å²) in [5.41, 5.74) is 1.08. The molecule has 0 aliphatic rings. The number of halogens is 2.